The Balaban J connectivity index is 1.94. The van der Waals surface area contributed by atoms with E-state index in [1.165, 1.54) is 11.5 Å². The van der Waals surface area contributed by atoms with Gasteiger partial charge in [-0.2, -0.15) is 4.37 Å². The van der Waals surface area contributed by atoms with Gasteiger partial charge in [-0.25, -0.2) is 9.97 Å². The van der Waals surface area contributed by atoms with E-state index in [2.05, 4.69) is 33.5 Å². The summed E-state index contributed by atoms with van der Waals surface area (Å²) in [7, 11) is 1.89. The Hall–Kier alpha value is -1.14. The number of halogens is 1. The standard InChI is InChI=1S/C11H16ClN5S/c1-7(2)4-9-15-11(18-16-9)14-6-10-13-5-8(12)17(10)3/h5,7H,4,6H2,1-3H3,(H,14,15,16). The van der Waals surface area contributed by atoms with Crippen LogP contribution in [-0.4, -0.2) is 18.9 Å². The summed E-state index contributed by atoms with van der Waals surface area (Å²) >= 11 is 7.30. The molecular formula is C11H16ClN5S. The normalized spacial score (nSPS) is 11.2. The van der Waals surface area contributed by atoms with Gasteiger partial charge in [0.25, 0.3) is 0 Å². The highest BCUT2D eigenvalue weighted by atomic mass is 35.5. The van der Waals surface area contributed by atoms with E-state index in [0.717, 1.165) is 23.2 Å². The zero-order chi connectivity index (χ0) is 13.1. The molecule has 2 aromatic heterocycles. The van der Waals surface area contributed by atoms with E-state index >= 15 is 0 Å². The zero-order valence-corrected chi connectivity index (χ0v) is 12.2. The summed E-state index contributed by atoms with van der Waals surface area (Å²) in [6.45, 7) is 4.91. The van der Waals surface area contributed by atoms with Crippen molar-refractivity contribution >= 4 is 28.3 Å². The quantitative estimate of drug-likeness (QED) is 0.918. The topological polar surface area (TPSA) is 55.6 Å². The summed E-state index contributed by atoms with van der Waals surface area (Å²) in [5.41, 5.74) is 0. The van der Waals surface area contributed by atoms with Crippen LogP contribution in [0.3, 0.4) is 0 Å². The molecular weight excluding hydrogens is 270 g/mol. The molecule has 0 fully saturated rings. The molecule has 7 heteroatoms. The maximum atomic E-state index is 5.92. The van der Waals surface area contributed by atoms with Crippen LogP contribution in [0.25, 0.3) is 0 Å². The van der Waals surface area contributed by atoms with Crippen molar-refractivity contribution in [1.82, 2.24) is 18.9 Å². The summed E-state index contributed by atoms with van der Waals surface area (Å²) < 4.78 is 6.15. The van der Waals surface area contributed by atoms with E-state index in [0.29, 0.717) is 17.6 Å². The molecule has 0 bridgehead atoms. The van der Waals surface area contributed by atoms with Gasteiger partial charge in [0, 0.05) is 25.0 Å². The van der Waals surface area contributed by atoms with Gasteiger partial charge < -0.3 is 9.88 Å². The number of rotatable bonds is 5. The second kappa shape index (κ2) is 5.67. The molecule has 1 N–H and O–H groups in total. The van der Waals surface area contributed by atoms with Crippen LogP contribution >= 0.6 is 23.1 Å². The summed E-state index contributed by atoms with van der Waals surface area (Å²) in [5.74, 6) is 2.34. The van der Waals surface area contributed by atoms with Gasteiger partial charge in [-0.05, 0) is 5.92 Å². The minimum atomic E-state index is 0.570. The molecule has 0 saturated heterocycles. The molecule has 0 saturated carbocycles. The van der Waals surface area contributed by atoms with E-state index in [-0.39, 0.29) is 0 Å². The van der Waals surface area contributed by atoms with Crippen LogP contribution in [0.15, 0.2) is 6.20 Å². The van der Waals surface area contributed by atoms with Crippen LogP contribution in [0.1, 0.15) is 25.5 Å². The highest BCUT2D eigenvalue weighted by Crippen LogP contribution is 2.15. The van der Waals surface area contributed by atoms with Crippen molar-refractivity contribution in [3.05, 3.63) is 23.0 Å². The Bertz CT molecular complexity index is 519. The first kappa shape index (κ1) is 13.3. The van der Waals surface area contributed by atoms with E-state index in [4.69, 9.17) is 11.6 Å². The third kappa shape index (κ3) is 3.20. The number of anilines is 1. The van der Waals surface area contributed by atoms with Crippen LogP contribution in [0, 0.1) is 5.92 Å². The number of nitrogens with one attached hydrogen (secondary N) is 1. The van der Waals surface area contributed by atoms with Crippen LogP contribution in [0.4, 0.5) is 5.13 Å². The van der Waals surface area contributed by atoms with Crippen molar-refractivity contribution in [2.75, 3.05) is 5.32 Å². The molecule has 98 valence electrons. The molecule has 0 aliphatic rings. The Morgan fingerprint density at radius 2 is 2.28 bits per heavy atom. The van der Waals surface area contributed by atoms with Crippen molar-refractivity contribution in [3.63, 3.8) is 0 Å². The van der Waals surface area contributed by atoms with Crippen LogP contribution in [-0.2, 0) is 20.0 Å². The third-order valence-electron chi connectivity index (χ3n) is 2.48. The second-order valence-corrected chi connectivity index (χ2v) is 5.66. The molecule has 18 heavy (non-hydrogen) atoms. The molecule has 5 nitrogen and oxygen atoms in total. The van der Waals surface area contributed by atoms with Crippen molar-refractivity contribution in [1.29, 1.82) is 0 Å². The molecule has 0 amide bonds. The van der Waals surface area contributed by atoms with Crippen molar-refractivity contribution in [2.45, 2.75) is 26.8 Å². The average Bonchev–Trinajstić information content (AvgIpc) is 2.86. The maximum Gasteiger partial charge on any atom is 0.202 e. The molecule has 2 heterocycles. The van der Waals surface area contributed by atoms with Gasteiger partial charge in [-0.3, -0.25) is 0 Å². The summed E-state index contributed by atoms with van der Waals surface area (Å²) in [6.07, 6.45) is 2.55. The molecule has 2 rings (SSSR count). The summed E-state index contributed by atoms with van der Waals surface area (Å²) in [6, 6.07) is 0. The number of aromatic nitrogens is 4. The molecule has 0 radical (unpaired) electrons. The fourth-order valence-electron chi connectivity index (χ4n) is 1.52. The zero-order valence-electron chi connectivity index (χ0n) is 10.6. The van der Waals surface area contributed by atoms with Gasteiger partial charge in [0.2, 0.25) is 5.13 Å². The number of nitrogens with zero attached hydrogens (tertiary/aromatic N) is 4. The number of hydrogen-bond acceptors (Lipinski definition) is 5. The van der Waals surface area contributed by atoms with E-state index < -0.39 is 0 Å². The van der Waals surface area contributed by atoms with E-state index in [1.807, 2.05) is 11.6 Å². The van der Waals surface area contributed by atoms with Gasteiger partial charge in [-0.15, -0.1) is 0 Å². The third-order valence-corrected chi connectivity index (χ3v) is 3.55. The van der Waals surface area contributed by atoms with Gasteiger partial charge >= 0.3 is 0 Å². The van der Waals surface area contributed by atoms with E-state index in [9.17, 15) is 0 Å². The van der Waals surface area contributed by atoms with Gasteiger partial charge in [0.1, 0.15) is 16.8 Å². The first-order valence-electron chi connectivity index (χ1n) is 5.79. The first-order valence-corrected chi connectivity index (χ1v) is 6.94. The fraction of sp³-hybridized carbons (Fsp3) is 0.545. The van der Waals surface area contributed by atoms with Crippen LogP contribution in [0.2, 0.25) is 5.15 Å². The van der Waals surface area contributed by atoms with Gasteiger partial charge in [-0.1, -0.05) is 25.4 Å². The minimum Gasteiger partial charge on any atom is -0.353 e. The fourth-order valence-corrected chi connectivity index (χ4v) is 2.25. The smallest absolute Gasteiger partial charge is 0.202 e. The Morgan fingerprint density at radius 3 is 2.89 bits per heavy atom. The number of hydrogen-bond donors (Lipinski definition) is 1. The summed E-state index contributed by atoms with van der Waals surface area (Å²) in [4.78, 5) is 8.64. The SMILES string of the molecule is CC(C)Cc1nsc(NCc2ncc(Cl)n2C)n1. The predicted molar refractivity (Wildman–Crippen MR) is 74.0 cm³/mol. The lowest BCUT2D eigenvalue weighted by atomic mass is 10.1. The largest absolute Gasteiger partial charge is 0.353 e. The van der Waals surface area contributed by atoms with Gasteiger partial charge in [0.05, 0.1) is 12.7 Å². The first-order chi connectivity index (χ1) is 8.56. The van der Waals surface area contributed by atoms with E-state index in [1.54, 1.807) is 6.20 Å². The minimum absolute atomic E-state index is 0.570. The van der Waals surface area contributed by atoms with Crippen LogP contribution < -0.4 is 5.32 Å². The Kier molecular flexibility index (Phi) is 4.19. The monoisotopic (exact) mass is 285 g/mol. The lowest BCUT2D eigenvalue weighted by molar-refractivity contribution is 0.627. The molecule has 2 aromatic rings. The summed E-state index contributed by atoms with van der Waals surface area (Å²) in [5, 5.41) is 4.66. The second-order valence-electron chi connectivity index (χ2n) is 4.52. The van der Waals surface area contributed by atoms with Crippen molar-refractivity contribution in [3.8, 4) is 0 Å². The molecule has 0 aliphatic heterocycles. The molecule has 0 atom stereocenters. The van der Waals surface area contributed by atoms with Crippen molar-refractivity contribution < 1.29 is 0 Å². The lowest BCUT2D eigenvalue weighted by Gasteiger charge is -2.03. The number of imidazole rings is 1. The average molecular weight is 286 g/mol. The molecule has 0 spiro atoms. The van der Waals surface area contributed by atoms with Crippen molar-refractivity contribution in [2.24, 2.45) is 13.0 Å². The highest BCUT2D eigenvalue weighted by molar-refractivity contribution is 7.09. The lowest BCUT2D eigenvalue weighted by Crippen LogP contribution is -2.06. The molecule has 0 aliphatic carbocycles. The van der Waals surface area contributed by atoms with Crippen LogP contribution in [0.5, 0.6) is 0 Å². The maximum absolute atomic E-state index is 5.92. The molecule has 0 aromatic carbocycles. The Morgan fingerprint density at radius 1 is 1.50 bits per heavy atom. The predicted octanol–water partition coefficient (Wildman–Crippen LogP) is 2.74. The van der Waals surface area contributed by atoms with Gasteiger partial charge in [0.15, 0.2) is 0 Å². The molecule has 0 unspecified atom stereocenters. The Labute approximate surface area is 115 Å². The highest BCUT2D eigenvalue weighted by Gasteiger charge is 2.08.